The fourth-order valence-electron chi connectivity index (χ4n) is 0.756. The molecule has 0 aliphatic heterocycles. The molecule has 1 amide bonds. The smallest absolute Gasteiger partial charge is 0.228 e. The van der Waals surface area contributed by atoms with Crippen LogP contribution in [0.2, 0.25) is 0 Å². The third kappa shape index (κ3) is 7.92. The number of carbonyl (C=O) groups excluding carboxylic acids is 1. The van der Waals surface area contributed by atoms with Crippen LogP contribution >= 0.6 is 0 Å². The summed E-state index contributed by atoms with van der Waals surface area (Å²) in [5.74, 6) is -0.351. The molecule has 0 heterocycles. The molecule has 0 aromatic carbocycles. The number of carbonyl (C=O) groups is 1. The average molecular weight is 233 g/mol. The first-order valence-electron chi connectivity index (χ1n) is 4.19. The maximum Gasteiger partial charge on any atom is 0.228 e. The summed E-state index contributed by atoms with van der Waals surface area (Å²) in [7, 11) is 1.86. The second-order valence-corrected chi connectivity index (χ2v) is 2.53. The molecule has 14 heavy (non-hydrogen) atoms. The standard InChI is InChI=1S/C9H16N3O.V/c1-3-5-8(10)9(13)12-7-4-6-11-2;/h3,5,10-11H,1,4,6-7H2,2H3,(H,12,13);/q-1;/b8-5-;. The summed E-state index contributed by atoms with van der Waals surface area (Å²) in [6, 6.07) is 0. The van der Waals surface area contributed by atoms with E-state index in [0.717, 1.165) is 13.0 Å². The van der Waals surface area contributed by atoms with Crippen molar-refractivity contribution in [3.63, 3.8) is 0 Å². The van der Waals surface area contributed by atoms with E-state index in [1.165, 1.54) is 12.2 Å². The Hall–Kier alpha value is -0.706. The van der Waals surface area contributed by atoms with Crippen molar-refractivity contribution in [1.82, 2.24) is 10.6 Å². The normalized spacial score (nSPS) is 10.2. The molecule has 5 heteroatoms. The van der Waals surface area contributed by atoms with Crippen molar-refractivity contribution >= 4 is 5.91 Å². The molecule has 0 spiro atoms. The van der Waals surface area contributed by atoms with E-state index in [1.54, 1.807) is 0 Å². The van der Waals surface area contributed by atoms with Gasteiger partial charge in [-0.05, 0) is 20.0 Å². The summed E-state index contributed by atoms with van der Waals surface area (Å²) in [6.07, 6.45) is 3.66. The minimum atomic E-state index is -0.351. The van der Waals surface area contributed by atoms with Crippen molar-refractivity contribution in [2.75, 3.05) is 20.1 Å². The number of amides is 1. The molecule has 0 aromatic rings. The van der Waals surface area contributed by atoms with Crippen molar-refractivity contribution in [2.24, 2.45) is 0 Å². The van der Waals surface area contributed by atoms with Crippen LogP contribution in [0.25, 0.3) is 5.73 Å². The number of hydrogen-bond acceptors (Lipinski definition) is 2. The van der Waals surface area contributed by atoms with Gasteiger partial charge < -0.3 is 16.4 Å². The molecule has 79 valence electrons. The van der Waals surface area contributed by atoms with E-state index in [2.05, 4.69) is 17.2 Å². The number of allylic oxidation sites excluding steroid dienone is 2. The fraction of sp³-hybridized carbons (Fsp3) is 0.444. The Morgan fingerprint density at radius 1 is 1.50 bits per heavy atom. The second kappa shape index (κ2) is 10.4. The Morgan fingerprint density at radius 3 is 2.64 bits per heavy atom. The monoisotopic (exact) mass is 233 g/mol. The van der Waals surface area contributed by atoms with Crippen molar-refractivity contribution in [3.05, 3.63) is 30.2 Å². The maximum absolute atomic E-state index is 11.1. The van der Waals surface area contributed by atoms with Gasteiger partial charge in [-0.2, -0.15) is 0 Å². The molecule has 3 N–H and O–H groups in total. The van der Waals surface area contributed by atoms with Crippen LogP contribution in [0, 0.1) is 0 Å². The van der Waals surface area contributed by atoms with Gasteiger partial charge in [0, 0.05) is 25.1 Å². The van der Waals surface area contributed by atoms with Gasteiger partial charge in [-0.1, -0.05) is 24.4 Å². The first-order chi connectivity index (χ1) is 6.22. The van der Waals surface area contributed by atoms with Crippen molar-refractivity contribution < 1.29 is 23.4 Å². The quantitative estimate of drug-likeness (QED) is 0.405. The van der Waals surface area contributed by atoms with Gasteiger partial charge in [-0.25, -0.2) is 0 Å². The summed E-state index contributed by atoms with van der Waals surface area (Å²) in [4.78, 5) is 11.1. The third-order valence-electron chi connectivity index (χ3n) is 1.42. The largest absolute Gasteiger partial charge is 0.694 e. The zero-order chi connectivity index (χ0) is 10.1. The van der Waals surface area contributed by atoms with Crippen LogP contribution in [0.1, 0.15) is 6.42 Å². The molecule has 0 saturated heterocycles. The molecule has 0 unspecified atom stereocenters. The van der Waals surface area contributed by atoms with Gasteiger partial charge in [0.15, 0.2) is 0 Å². The third-order valence-corrected chi connectivity index (χ3v) is 1.42. The van der Waals surface area contributed by atoms with E-state index in [-0.39, 0.29) is 30.2 Å². The zero-order valence-corrected chi connectivity index (χ0v) is 9.74. The SMILES string of the molecule is C=C/C=C(\[NH-])C(=O)NCCCNC.[V]. The van der Waals surface area contributed by atoms with Gasteiger partial charge in [-0.3, -0.25) is 4.79 Å². The van der Waals surface area contributed by atoms with E-state index in [9.17, 15) is 4.79 Å². The van der Waals surface area contributed by atoms with Crippen molar-refractivity contribution in [3.8, 4) is 0 Å². The topological polar surface area (TPSA) is 64.9 Å². The molecule has 0 aliphatic carbocycles. The molecule has 4 nitrogen and oxygen atoms in total. The van der Waals surface area contributed by atoms with Crippen LogP contribution in [0.4, 0.5) is 0 Å². The molecule has 0 fully saturated rings. The Bertz CT molecular complexity index is 204. The minimum absolute atomic E-state index is 0. The van der Waals surface area contributed by atoms with Gasteiger partial charge in [-0.15, -0.1) is 0 Å². The summed E-state index contributed by atoms with van der Waals surface area (Å²) in [5, 5.41) is 5.59. The molecule has 0 saturated carbocycles. The molecular formula is C9H16N3OV-. The first-order valence-corrected chi connectivity index (χ1v) is 4.19. The number of rotatable bonds is 6. The Kier molecular flexibility index (Phi) is 11.7. The number of nitrogens with one attached hydrogen (secondary N) is 3. The number of hydrogen-bond donors (Lipinski definition) is 2. The fourth-order valence-corrected chi connectivity index (χ4v) is 0.756. The predicted molar refractivity (Wildman–Crippen MR) is 54.2 cm³/mol. The van der Waals surface area contributed by atoms with Gasteiger partial charge in [0.2, 0.25) is 5.91 Å². The van der Waals surface area contributed by atoms with Crippen LogP contribution in [0.3, 0.4) is 0 Å². The molecular weight excluding hydrogens is 217 g/mol. The van der Waals surface area contributed by atoms with E-state index >= 15 is 0 Å². The Balaban J connectivity index is 0. The summed E-state index contributed by atoms with van der Waals surface area (Å²) in [6.45, 7) is 4.86. The van der Waals surface area contributed by atoms with Crippen LogP contribution < -0.4 is 10.6 Å². The van der Waals surface area contributed by atoms with E-state index in [1.807, 2.05) is 7.05 Å². The summed E-state index contributed by atoms with van der Waals surface area (Å²) >= 11 is 0. The molecule has 0 rings (SSSR count). The maximum atomic E-state index is 11.1. The Morgan fingerprint density at radius 2 is 2.14 bits per heavy atom. The van der Waals surface area contributed by atoms with E-state index in [0.29, 0.717) is 6.54 Å². The van der Waals surface area contributed by atoms with Crippen molar-refractivity contribution in [1.29, 1.82) is 0 Å². The van der Waals surface area contributed by atoms with Gasteiger partial charge in [0.25, 0.3) is 0 Å². The summed E-state index contributed by atoms with van der Waals surface area (Å²) in [5.41, 5.74) is 7.16. The Labute approximate surface area is 96.9 Å². The zero-order valence-electron chi connectivity index (χ0n) is 8.34. The molecule has 0 aliphatic rings. The van der Waals surface area contributed by atoms with E-state index in [4.69, 9.17) is 5.73 Å². The van der Waals surface area contributed by atoms with Gasteiger partial charge >= 0.3 is 0 Å². The molecule has 0 aromatic heterocycles. The predicted octanol–water partition coefficient (Wildman–Crippen LogP) is 0.832. The minimum Gasteiger partial charge on any atom is -0.694 e. The van der Waals surface area contributed by atoms with Crippen molar-refractivity contribution in [2.45, 2.75) is 6.42 Å². The van der Waals surface area contributed by atoms with Crippen LogP contribution in [-0.4, -0.2) is 26.0 Å². The molecule has 0 bridgehead atoms. The average Bonchev–Trinajstić information content (AvgIpc) is 2.12. The van der Waals surface area contributed by atoms with E-state index < -0.39 is 0 Å². The van der Waals surface area contributed by atoms with Gasteiger partial charge in [0.05, 0.1) is 0 Å². The van der Waals surface area contributed by atoms with Gasteiger partial charge in [0.1, 0.15) is 0 Å². The molecule has 1 radical (unpaired) electrons. The van der Waals surface area contributed by atoms with Crippen LogP contribution in [-0.2, 0) is 23.4 Å². The second-order valence-electron chi connectivity index (χ2n) is 2.53. The molecule has 0 atom stereocenters. The first kappa shape index (κ1) is 15.8. The summed E-state index contributed by atoms with van der Waals surface area (Å²) < 4.78 is 0. The van der Waals surface area contributed by atoms with Crippen LogP contribution in [0.15, 0.2) is 24.4 Å². The van der Waals surface area contributed by atoms with Crippen LogP contribution in [0.5, 0.6) is 0 Å².